The summed E-state index contributed by atoms with van der Waals surface area (Å²) in [5.41, 5.74) is -0.557. The molecule has 1 atom stereocenters. The van der Waals surface area contributed by atoms with Gasteiger partial charge in [0.1, 0.15) is 0 Å². The number of nitrogens with one attached hydrogen (secondary N) is 1. The zero-order chi connectivity index (χ0) is 14.8. The highest BCUT2D eigenvalue weighted by Gasteiger charge is 2.38. The van der Waals surface area contributed by atoms with Crippen LogP contribution in [0.2, 0.25) is 0 Å². The van der Waals surface area contributed by atoms with Crippen molar-refractivity contribution >= 4 is 22.8 Å². The number of carbonyl (C=O) groups is 1. The van der Waals surface area contributed by atoms with Crippen LogP contribution in [0.1, 0.15) is 64.7 Å². The molecule has 2 fully saturated rings. The SMILES string of the molecule is CC1(C(=O)NC2=NC3(CCCCO3)CCS2)CCCCC1. The van der Waals surface area contributed by atoms with Gasteiger partial charge in [-0.25, -0.2) is 4.99 Å². The van der Waals surface area contributed by atoms with Crippen molar-refractivity contribution in [2.45, 2.75) is 70.4 Å². The second-order valence-corrected chi connectivity index (χ2v) is 7.93. The van der Waals surface area contributed by atoms with Gasteiger partial charge in [-0.1, -0.05) is 37.9 Å². The van der Waals surface area contributed by atoms with Gasteiger partial charge >= 0.3 is 0 Å². The zero-order valence-corrected chi connectivity index (χ0v) is 13.8. The molecule has 0 radical (unpaired) electrons. The number of hydrogen-bond donors (Lipinski definition) is 1. The number of amides is 1. The van der Waals surface area contributed by atoms with Gasteiger partial charge in [0.25, 0.3) is 0 Å². The van der Waals surface area contributed by atoms with Gasteiger partial charge < -0.3 is 10.1 Å². The standard InChI is InChI=1S/C16H26N2O2S/c1-15(7-3-2-4-8-15)13(19)17-14-18-16(10-12-21-14)9-5-6-11-20-16/h2-12H2,1H3,(H,17,18,19). The van der Waals surface area contributed by atoms with Gasteiger partial charge in [0.2, 0.25) is 5.91 Å². The Morgan fingerprint density at radius 3 is 2.62 bits per heavy atom. The van der Waals surface area contributed by atoms with Gasteiger partial charge in [0.05, 0.1) is 0 Å². The molecule has 4 nitrogen and oxygen atoms in total. The second-order valence-electron chi connectivity index (χ2n) is 6.84. The van der Waals surface area contributed by atoms with Crippen molar-refractivity contribution in [3.63, 3.8) is 0 Å². The molecule has 1 unspecified atom stereocenters. The highest BCUT2D eigenvalue weighted by molar-refractivity contribution is 8.13. The molecular formula is C16H26N2O2S. The highest BCUT2D eigenvalue weighted by Crippen LogP contribution is 2.38. The van der Waals surface area contributed by atoms with Crippen LogP contribution >= 0.6 is 11.8 Å². The monoisotopic (exact) mass is 310 g/mol. The predicted molar refractivity (Wildman–Crippen MR) is 86.4 cm³/mol. The lowest BCUT2D eigenvalue weighted by atomic mass is 9.75. The van der Waals surface area contributed by atoms with Crippen molar-refractivity contribution in [1.82, 2.24) is 5.32 Å². The van der Waals surface area contributed by atoms with Crippen LogP contribution in [-0.2, 0) is 9.53 Å². The third-order valence-corrected chi connectivity index (χ3v) is 5.97. The lowest BCUT2D eigenvalue weighted by Crippen LogP contribution is -2.46. The smallest absolute Gasteiger partial charge is 0.231 e. The van der Waals surface area contributed by atoms with Gasteiger partial charge in [0, 0.05) is 24.2 Å². The minimum Gasteiger partial charge on any atom is -0.354 e. The van der Waals surface area contributed by atoms with Gasteiger partial charge in [-0.2, -0.15) is 0 Å². The van der Waals surface area contributed by atoms with E-state index in [0.717, 1.165) is 62.5 Å². The Bertz CT molecular complexity index is 424. The van der Waals surface area contributed by atoms with Crippen molar-refractivity contribution in [2.24, 2.45) is 10.4 Å². The fraction of sp³-hybridized carbons (Fsp3) is 0.875. The fourth-order valence-electron chi connectivity index (χ4n) is 3.57. The number of thioether (sulfide) groups is 1. The highest BCUT2D eigenvalue weighted by atomic mass is 32.2. The summed E-state index contributed by atoms with van der Waals surface area (Å²) in [6, 6.07) is 0. The second kappa shape index (κ2) is 6.29. The Hall–Kier alpha value is -0.550. The van der Waals surface area contributed by atoms with Crippen LogP contribution in [0.3, 0.4) is 0 Å². The van der Waals surface area contributed by atoms with E-state index in [1.807, 2.05) is 0 Å². The Kier molecular flexibility index (Phi) is 4.60. The molecule has 0 bridgehead atoms. The van der Waals surface area contributed by atoms with Crippen LogP contribution in [0.25, 0.3) is 0 Å². The molecule has 1 saturated carbocycles. The maximum Gasteiger partial charge on any atom is 0.231 e. The van der Waals surface area contributed by atoms with E-state index in [2.05, 4.69) is 12.2 Å². The van der Waals surface area contributed by atoms with E-state index in [4.69, 9.17) is 9.73 Å². The molecule has 0 aromatic heterocycles. The Morgan fingerprint density at radius 2 is 1.90 bits per heavy atom. The summed E-state index contributed by atoms with van der Waals surface area (Å²) < 4.78 is 5.94. The minimum atomic E-state index is -0.348. The predicted octanol–water partition coefficient (Wildman–Crippen LogP) is 3.46. The Morgan fingerprint density at radius 1 is 1.14 bits per heavy atom. The quantitative estimate of drug-likeness (QED) is 0.807. The van der Waals surface area contributed by atoms with Gasteiger partial charge in [-0.3, -0.25) is 4.79 Å². The summed E-state index contributed by atoms with van der Waals surface area (Å²) in [6.45, 7) is 2.90. The van der Waals surface area contributed by atoms with E-state index in [9.17, 15) is 4.79 Å². The molecular weight excluding hydrogens is 284 g/mol. The third kappa shape index (κ3) is 3.45. The maximum atomic E-state index is 12.6. The van der Waals surface area contributed by atoms with Crippen molar-refractivity contribution in [2.75, 3.05) is 12.4 Å². The summed E-state index contributed by atoms with van der Waals surface area (Å²) in [6.07, 6.45) is 9.84. The molecule has 1 N–H and O–H groups in total. The number of ether oxygens (including phenoxy) is 1. The maximum absolute atomic E-state index is 12.6. The third-order valence-electron chi connectivity index (χ3n) is 5.10. The first-order valence-corrected chi connectivity index (χ1v) is 9.29. The first-order valence-electron chi connectivity index (χ1n) is 8.30. The van der Waals surface area contributed by atoms with E-state index in [1.165, 1.54) is 12.8 Å². The first-order chi connectivity index (χ1) is 10.1. The molecule has 3 rings (SSSR count). The normalized spacial score (nSPS) is 32.5. The van der Waals surface area contributed by atoms with Gasteiger partial charge in [-0.15, -0.1) is 0 Å². The zero-order valence-electron chi connectivity index (χ0n) is 13.0. The van der Waals surface area contributed by atoms with Crippen molar-refractivity contribution < 1.29 is 9.53 Å². The number of hydrogen-bond acceptors (Lipinski definition) is 4. The van der Waals surface area contributed by atoms with Crippen LogP contribution in [0.15, 0.2) is 4.99 Å². The summed E-state index contributed by atoms with van der Waals surface area (Å²) in [7, 11) is 0. The van der Waals surface area contributed by atoms with Crippen LogP contribution in [0.4, 0.5) is 0 Å². The van der Waals surface area contributed by atoms with Crippen LogP contribution in [-0.4, -0.2) is 29.2 Å². The molecule has 1 aliphatic carbocycles. The Labute approximate surface area is 131 Å². The first kappa shape index (κ1) is 15.3. The molecule has 0 aromatic carbocycles. The number of carbonyl (C=O) groups excluding carboxylic acids is 1. The number of amidine groups is 1. The van der Waals surface area contributed by atoms with Crippen molar-refractivity contribution in [3.05, 3.63) is 0 Å². The van der Waals surface area contributed by atoms with Crippen molar-refractivity contribution in [1.29, 1.82) is 0 Å². The number of rotatable bonds is 1. The molecule has 5 heteroatoms. The van der Waals surface area contributed by atoms with E-state index < -0.39 is 0 Å². The molecule has 2 heterocycles. The van der Waals surface area contributed by atoms with Crippen LogP contribution < -0.4 is 5.32 Å². The van der Waals surface area contributed by atoms with Gasteiger partial charge in [0.15, 0.2) is 10.9 Å². The van der Waals surface area contributed by atoms with Crippen LogP contribution in [0, 0.1) is 5.41 Å². The number of aliphatic imine (C=N–C) groups is 1. The molecule has 1 spiro atoms. The summed E-state index contributed by atoms with van der Waals surface area (Å²) in [5, 5.41) is 3.87. The topological polar surface area (TPSA) is 50.7 Å². The number of nitrogens with zero attached hydrogens (tertiary/aromatic N) is 1. The van der Waals surface area contributed by atoms with E-state index in [0.29, 0.717) is 0 Å². The molecule has 0 aromatic rings. The van der Waals surface area contributed by atoms with Crippen LogP contribution in [0.5, 0.6) is 0 Å². The molecule has 118 valence electrons. The summed E-state index contributed by atoms with van der Waals surface area (Å²) >= 11 is 1.66. The fourth-order valence-corrected chi connectivity index (χ4v) is 4.58. The lowest BCUT2D eigenvalue weighted by Gasteiger charge is -2.37. The molecule has 2 aliphatic heterocycles. The van der Waals surface area contributed by atoms with E-state index >= 15 is 0 Å². The molecule has 1 amide bonds. The minimum absolute atomic E-state index is 0.154. The summed E-state index contributed by atoms with van der Waals surface area (Å²) in [5.74, 6) is 1.14. The average Bonchev–Trinajstić information content (AvgIpc) is 2.49. The van der Waals surface area contributed by atoms with E-state index in [-0.39, 0.29) is 17.0 Å². The largest absolute Gasteiger partial charge is 0.354 e. The summed E-state index contributed by atoms with van der Waals surface area (Å²) in [4.78, 5) is 17.4. The Balaban J connectivity index is 1.67. The van der Waals surface area contributed by atoms with E-state index in [1.54, 1.807) is 11.8 Å². The average molecular weight is 310 g/mol. The lowest BCUT2D eigenvalue weighted by molar-refractivity contribution is -0.130. The molecule has 3 aliphatic rings. The molecule has 21 heavy (non-hydrogen) atoms. The van der Waals surface area contributed by atoms with Gasteiger partial charge in [-0.05, 0) is 32.1 Å². The van der Waals surface area contributed by atoms with Crippen molar-refractivity contribution in [3.8, 4) is 0 Å². The molecule has 1 saturated heterocycles.